The van der Waals surface area contributed by atoms with Crippen LogP contribution in [-0.4, -0.2) is 43.6 Å². The third-order valence-corrected chi connectivity index (χ3v) is 4.38. The van der Waals surface area contributed by atoms with Gasteiger partial charge in [-0.05, 0) is 12.3 Å². The van der Waals surface area contributed by atoms with E-state index in [0.717, 1.165) is 6.42 Å². The number of nitrogens with zero attached hydrogens (tertiary/aromatic N) is 1. The van der Waals surface area contributed by atoms with Crippen molar-refractivity contribution in [3.63, 3.8) is 0 Å². The van der Waals surface area contributed by atoms with Gasteiger partial charge in [-0.2, -0.15) is 12.7 Å². The number of aliphatic hydroxyl groups excluding tert-OH is 1. The highest BCUT2D eigenvalue weighted by molar-refractivity contribution is 7.87. The molecule has 0 aromatic carbocycles. The lowest BCUT2D eigenvalue weighted by atomic mass is 10.0. The maximum absolute atomic E-state index is 11.7. The van der Waals surface area contributed by atoms with E-state index in [1.807, 2.05) is 6.92 Å². The summed E-state index contributed by atoms with van der Waals surface area (Å²) in [6.07, 6.45) is 0.815. The van der Waals surface area contributed by atoms with Crippen LogP contribution < -0.4 is 4.72 Å². The van der Waals surface area contributed by atoms with Crippen LogP contribution in [0.3, 0.4) is 0 Å². The second kappa shape index (κ2) is 4.57. The van der Waals surface area contributed by atoms with Gasteiger partial charge in [0, 0.05) is 13.1 Å². The molecule has 1 aliphatic heterocycles. The monoisotopic (exact) mass is 222 g/mol. The highest BCUT2D eigenvalue weighted by Crippen LogP contribution is 2.25. The molecule has 2 unspecified atom stereocenters. The molecule has 0 radical (unpaired) electrons. The Morgan fingerprint density at radius 2 is 2.21 bits per heavy atom. The van der Waals surface area contributed by atoms with Crippen molar-refractivity contribution in [1.29, 1.82) is 0 Å². The van der Waals surface area contributed by atoms with E-state index >= 15 is 0 Å². The van der Waals surface area contributed by atoms with Gasteiger partial charge < -0.3 is 5.11 Å². The van der Waals surface area contributed by atoms with Crippen molar-refractivity contribution < 1.29 is 13.5 Å². The maximum Gasteiger partial charge on any atom is 0.279 e. The summed E-state index contributed by atoms with van der Waals surface area (Å²) in [5, 5.41) is 9.10. The Hall–Kier alpha value is -0.170. The van der Waals surface area contributed by atoms with Gasteiger partial charge >= 0.3 is 0 Å². The van der Waals surface area contributed by atoms with E-state index in [0.29, 0.717) is 13.1 Å². The molecule has 1 fully saturated rings. The van der Waals surface area contributed by atoms with E-state index in [4.69, 9.17) is 5.11 Å². The van der Waals surface area contributed by atoms with Gasteiger partial charge in [-0.3, -0.25) is 0 Å². The SMILES string of the molecule is CCNS(=O)(=O)N1CCC(C)C1CO. The lowest BCUT2D eigenvalue weighted by Crippen LogP contribution is -2.45. The average Bonchev–Trinajstić information content (AvgIpc) is 2.47. The van der Waals surface area contributed by atoms with Crippen molar-refractivity contribution in [3.8, 4) is 0 Å². The zero-order valence-electron chi connectivity index (χ0n) is 8.60. The summed E-state index contributed by atoms with van der Waals surface area (Å²) < 4.78 is 27.1. The summed E-state index contributed by atoms with van der Waals surface area (Å²) in [6, 6.07) is -0.265. The van der Waals surface area contributed by atoms with E-state index in [9.17, 15) is 8.42 Å². The molecule has 2 atom stereocenters. The van der Waals surface area contributed by atoms with Gasteiger partial charge in [0.2, 0.25) is 0 Å². The van der Waals surface area contributed by atoms with Gasteiger partial charge in [-0.15, -0.1) is 0 Å². The molecule has 0 bridgehead atoms. The Labute approximate surface area is 85.3 Å². The fraction of sp³-hybridized carbons (Fsp3) is 1.00. The zero-order chi connectivity index (χ0) is 10.8. The van der Waals surface area contributed by atoms with E-state index in [1.54, 1.807) is 6.92 Å². The van der Waals surface area contributed by atoms with Crippen LogP contribution in [0.15, 0.2) is 0 Å². The van der Waals surface area contributed by atoms with Crippen LogP contribution in [0.25, 0.3) is 0 Å². The van der Waals surface area contributed by atoms with Crippen molar-refractivity contribution in [1.82, 2.24) is 9.03 Å². The van der Waals surface area contributed by atoms with Crippen LogP contribution in [-0.2, 0) is 10.2 Å². The fourth-order valence-electron chi connectivity index (χ4n) is 1.81. The van der Waals surface area contributed by atoms with Crippen molar-refractivity contribution in [2.45, 2.75) is 26.3 Å². The summed E-state index contributed by atoms with van der Waals surface area (Å²) in [6.45, 7) is 4.48. The topological polar surface area (TPSA) is 69.6 Å². The molecule has 0 amide bonds. The minimum absolute atomic E-state index is 0.105. The number of aliphatic hydroxyl groups is 1. The molecule has 84 valence electrons. The van der Waals surface area contributed by atoms with Crippen molar-refractivity contribution in [3.05, 3.63) is 0 Å². The molecule has 0 aromatic heterocycles. The molecule has 0 aliphatic carbocycles. The van der Waals surface area contributed by atoms with Crippen LogP contribution in [0.4, 0.5) is 0 Å². The Kier molecular flexibility index (Phi) is 3.88. The summed E-state index contributed by atoms with van der Waals surface area (Å²) in [5.74, 6) is 0.230. The summed E-state index contributed by atoms with van der Waals surface area (Å²) in [5.41, 5.74) is 0. The summed E-state index contributed by atoms with van der Waals surface area (Å²) in [4.78, 5) is 0. The van der Waals surface area contributed by atoms with Gasteiger partial charge in [0.25, 0.3) is 10.2 Å². The molecule has 1 saturated heterocycles. The lowest BCUT2D eigenvalue weighted by molar-refractivity contribution is 0.190. The first-order valence-corrected chi connectivity index (χ1v) is 6.34. The quantitative estimate of drug-likeness (QED) is 0.676. The predicted octanol–water partition coefficient (Wildman–Crippen LogP) is -0.457. The molecule has 2 N–H and O–H groups in total. The van der Waals surface area contributed by atoms with Gasteiger partial charge in [-0.25, -0.2) is 4.72 Å². The van der Waals surface area contributed by atoms with Gasteiger partial charge in [0.15, 0.2) is 0 Å². The van der Waals surface area contributed by atoms with Crippen LogP contribution in [0.2, 0.25) is 0 Å². The first kappa shape index (κ1) is 11.9. The minimum atomic E-state index is -3.38. The standard InChI is InChI=1S/C8H18N2O3S/c1-3-9-14(12,13)10-5-4-7(2)8(10)6-11/h7-9,11H,3-6H2,1-2H3. The minimum Gasteiger partial charge on any atom is -0.395 e. The molecule has 1 aliphatic rings. The second-order valence-electron chi connectivity index (χ2n) is 3.63. The molecule has 1 rings (SSSR count). The van der Waals surface area contributed by atoms with Crippen molar-refractivity contribution in [2.75, 3.05) is 19.7 Å². The Morgan fingerprint density at radius 1 is 1.57 bits per heavy atom. The van der Waals surface area contributed by atoms with Crippen LogP contribution >= 0.6 is 0 Å². The van der Waals surface area contributed by atoms with Gasteiger partial charge in [0.1, 0.15) is 0 Å². The molecule has 0 spiro atoms. The smallest absolute Gasteiger partial charge is 0.279 e. The largest absolute Gasteiger partial charge is 0.395 e. The molecule has 1 heterocycles. The first-order valence-electron chi connectivity index (χ1n) is 4.90. The van der Waals surface area contributed by atoms with E-state index in [-0.39, 0.29) is 18.6 Å². The van der Waals surface area contributed by atoms with Crippen LogP contribution in [0.5, 0.6) is 0 Å². The highest BCUT2D eigenvalue weighted by atomic mass is 32.2. The molecular formula is C8H18N2O3S. The number of rotatable bonds is 4. The number of hydrogen-bond donors (Lipinski definition) is 2. The summed E-state index contributed by atoms with van der Waals surface area (Å²) >= 11 is 0. The third-order valence-electron chi connectivity index (χ3n) is 2.65. The maximum atomic E-state index is 11.7. The van der Waals surface area contributed by atoms with E-state index in [2.05, 4.69) is 4.72 Å². The average molecular weight is 222 g/mol. The first-order chi connectivity index (χ1) is 6.53. The van der Waals surface area contributed by atoms with Crippen LogP contribution in [0.1, 0.15) is 20.3 Å². The summed E-state index contributed by atoms with van der Waals surface area (Å²) in [7, 11) is -3.38. The lowest BCUT2D eigenvalue weighted by Gasteiger charge is -2.24. The van der Waals surface area contributed by atoms with E-state index < -0.39 is 10.2 Å². The third kappa shape index (κ3) is 2.25. The van der Waals surface area contributed by atoms with Crippen LogP contribution in [0, 0.1) is 5.92 Å². The van der Waals surface area contributed by atoms with Gasteiger partial charge in [-0.1, -0.05) is 13.8 Å². The molecule has 0 aromatic rings. The Morgan fingerprint density at radius 3 is 2.71 bits per heavy atom. The second-order valence-corrected chi connectivity index (χ2v) is 5.34. The Balaban J connectivity index is 2.78. The zero-order valence-corrected chi connectivity index (χ0v) is 9.42. The predicted molar refractivity (Wildman–Crippen MR) is 54.0 cm³/mol. The Bertz CT molecular complexity index is 278. The van der Waals surface area contributed by atoms with E-state index in [1.165, 1.54) is 4.31 Å². The van der Waals surface area contributed by atoms with Gasteiger partial charge in [0.05, 0.1) is 12.6 Å². The highest BCUT2D eigenvalue weighted by Gasteiger charge is 2.37. The number of nitrogens with one attached hydrogen (secondary N) is 1. The fourth-order valence-corrected chi connectivity index (χ4v) is 3.32. The number of hydrogen-bond acceptors (Lipinski definition) is 3. The molecule has 6 heteroatoms. The molecule has 0 saturated carbocycles. The molecule has 14 heavy (non-hydrogen) atoms. The molecular weight excluding hydrogens is 204 g/mol. The van der Waals surface area contributed by atoms with Crippen molar-refractivity contribution in [2.24, 2.45) is 5.92 Å². The van der Waals surface area contributed by atoms with Crippen molar-refractivity contribution >= 4 is 10.2 Å². The molecule has 5 nitrogen and oxygen atoms in total. The normalized spacial score (nSPS) is 29.6.